The molecule has 2 heterocycles. The van der Waals surface area contributed by atoms with Crippen molar-refractivity contribution in [2.75, 3.05) is 25.7 Å². The van der Waals surface area contributed by atoms with Crippen molar-refractivity contribution in [2.24, 2.45) is 0 Å². The van der Waals surface area contributed by atoms with Crippen LogP contribution in [0.25, 0.3) is 0 Å². The molecule has 4 rings (SSSR count). The van der Waals surface area contributed by atoms with E-state index in [0.717, 1.165) is 47.5 Å². The van der Waals surface area contributed by atoms with Crippen molar-refractivity contribution in [1.29, 1.82) is 0 Å². The van der Waals surface area contributed by atoms with Crippen molar-refractivity contribution in [3.05, 3.63) is 74.8 Å². The number of hydrogen-bond donors (Lipinski definition) is 1. The van der Waals surface area contributed by atoms with Crippen LogP contribution in [0.4, 0.5) is 5.13 Å². The molecule has 1 atom stereocenters. The number of sulfone groups is 1. The molecule has 1 amide bonds. The van der Waals surface area contributed by atoms with E-state index in [0.29, 0.717) is 29.4 Å². The molecule has 10 nitrogen and oxygen atoms in total. The van der Waals surface area contributed by atoms with E-state index < -0.39 is 38.4 Å². The molecule has 3 aromatic rings. The molecule has 42 heavy (non-hydrogen) atoms. The number of aryl methyl sites for hydroxylation is 2. The molecular weight excluding hydrogens is 580 g/mol. The molecule has 1 aromatic heterocycles. The number of methoxy groups -OCH3 is 2. The summed E-state index contributed by atoms with van der Waals surface area (Å²) in [7, 11) is -1.68. The lowest BCUT2D eigenvalue weighted by Gasteiger charge is -2.25. The summed E-state index contributed by atoms with van der Waals surface area (Å²) >= 11 is 0.866. The molecule has 0 saturated carbocycles. The Morgan fingerprint density at radius 3 is 2.40 bits per heavy atom. The summed E-state index contributed by atoms with van der Waals surface area (Å²) in [4.78, 5) is 30.9. The molecule has 2 aromatic carbocycles. The minimum Gasteiger partial charge on any atom is -0.502 e. The summed E-state index contributed by atoms with van der Waals surface area (Å²) < 4.78 is 44.3. The number of esters is 1. The average molecular weight is 615 g/mol. The minimum absolute atomic E-state index is 0.0266. The number of anilines is 1. The van der Waals surface area contributed by atoms with Gasteiger partial charge in [-0.3, -0.25) is 9.69 Å². The second kappa shape index (κ2) is 13.0. The number of aliphatic hydroxyl groups excluding tert-OH is 1. The predicted octanol–water partition coefficient (Wildman–Crippen LogP) is 5.85. The van der Waals surface area contributed by atoms with Crippen LogP contribution in [0.2, 0.25) is 0 Å². The fraction of sp³-hybridized carbons (Fsp3) is 0.367. The van der Waals surface area contributed by atoms with E-state index in [-0.39, 0.29) is 14.9 Å². The van der Waals surface area contributed by atoms with Gasteiger partial charge in [0.25, 0.3) is 5.91 Å². The number of thiazole rings is 1. The van der Waals surface area contributed by atoms with Crippen LogP contribution in [0.3, 0.4) is 0 Å². The summed E-state index contributed by atoms with van der Waals surface area (Å²) in [6, 6.07) is 9.66. The third kappa shape index (κ3) is 6.00. The van der Waals surface area contributed by atoms with Crippen LogP contribution < -0.4 is 14.4 Å². The van der Waals surface area contributed by atoms with Crippen molar-refractivity contribution >= 4 is 38.2 Å². The van der Waals surface area contributed by atoms with Gasteiger partial charge in [-0.05, 0) is 50.1 Å². The van der Waals surface area contributed by atoms with Gasteiger partial charge in [0, 0.05) is 0 Å². The van der Waals surface area contributed by atoms with E-state index in [1.807, 2.05) is 6.92 Å². The Morgan fingerprint density at radius 2 is 1.76 bits per heavy atom. The molecule has 12 heteroatoms. The molecule has 0 unspecified atom stereocenters. The summed E-state index contributed by atoms with van der Waals surface area (Å²) in [5.41, 5.74) is 1.48. The Bertz CT molecular complexity index is 1610. The Hall–Kier alpha value is -3.90. The van der Waals surface area contributed by atoms with Gasteiger partial charge >= 0.3 is 5.97 Å². The van der Waals surface area contributed by atoms with Crippen molar-refractivity contribution in [2.45, 2.75) is 57.4 Å². The van der Waals surface area contributed by atoms with Crippen molar-refractivity contribution in [3.63, 3.8) is 0 Å². The third-order valence-electron chi connectivity index (χ3n) is 6.90. The first-order valence-corrected chi connectivity index (χ1v) is 15.8. The third-order valence-corrected chi connectivity index (χ3v) is 9.93. The lowest BCUT2D eigenvalue weighted by atomic mass is 10.1. The maximum atomic E-state index is 14.0. The Balaban J connectivity index is 1.84. The standard InChI is InChI=1S/C30H34N2O8S2/c1-6-7-8-9-16-40-22-15-12-20(17-23(22)38-4)24-27(42(36,37)21-13-10-18(2)11-14-21)25(33)28(34)32(24)30-31-19(3)26(41-30)29(35)39-5/h10-15,17,24,33H,6-9,16H2,1-5H3/t24-/m0/s1. The number of nitrogens with zero attached hydrogens (tertiary/aromatic N) is 2. The lowest BCUT2D eigenvalue weighted by molar-refractivity contribution is -0.117. The van der Waals surface area contributed by atoms with Gasteiger partial charge in [0.15, 0.2) is 22.4 Å². The maximum absolute atomic E-state index is 14.0. The average Bonchev–Trinajstić information content (AvgIpc) is 3.49. The maximum Gasteiger partial charge on any atom is 0.350 e. The van der Waals surface area contributed by atoms with Crippen LogP contribution in [-0.4, -0.2) is 51.2 Å². The van der Waals surface area contributed by atoms with Crippen LogP contribution in [-0.2, 0) is 19.4 Å². The van der Waals surface area contributed by atoms with Crippen molar-refractivity contribution < 1.29 is 37.3 Å². The van der Waals surface area contributed by atoms with Gasteiger partial charge in [-0.2, -0.15) is 0 Å². The number of aliphatic hydroxyl groups is 1. The smallest absolute Gasteiger partial charge is 0.350 e. The summed E-state index contributed by atoms with van der Waals surface area (Å²) in [5.74, 6) is -1.75. The first-order chi connectivity index (χ1) is 20.0. The Labute approximate surface area is 249 Å². The van der Waals surface area contributed by atoms with Crippen LogP contribution in [0.15, 0.2) is 58.0 Å². The predicted molar refractivity (Wildman–Crippen MR) is 159 cm³/mol. The van der Waals surface area contributed by atoms with Crippen LogP contribution in [0.5, 0.6) is 11.5 Å². The number of unbranched alkanes of at least 4 members (excludes halogenated alkanes) is 3. The number of amides is 1. The quantitative estimate of drug-likeness (QED) is 0.197. The highest BCUT2D eigenvalue weighted by molar-refractivity contribution is 7.95. The first-order valence-electron chi connectivity index (χ1n) is 13.5. The number of ether oxygens (including phenoxy) is 3. The van der Waals surface area contributed by atoms with E-state index in [9.17, 15) is 23.1 Å². The normalized spacial score (nSPS) is 15.3. The monoisotopic (exact) mass is 614 g/mol. The summed E-state index contributed by atoms with van der Waals surface area (Å²) in [5, 5.41) is 11.1. The van der Waals surface area contributed by atoms with E-state index in [1.165, 1.54) is 26.4 Å². The molecular formula is C30H34N2O8S2. The van der Waals surface area contributed by atoms with Crippen molar-refractivity contribution in [1.82, 2.24) is 4.98 Å². The number of carbonyl (C=O) groups excluding carboxylic acids is 2. The fourth-order valence-electron chi connectivity index (χ4n) is 4.65. The highest BCUT2D eigenvalue weighted by Crippen LogP contribution is 2.47. The highest BCUT2D eigenvalue weighted by Gasteiger charge is 2.49. The second-order valence-electron chi connectivity index (χ2n) is 9.83. The summed E-state index contributed by atoms with van der Waals surface area (Å²) in [6.07, 6.45) is 4.10. The summed E-state index contributed by atoms with van der Waals surface area (Å²) in [6.45, 7) is 6.00. The zero-order valence-electron chi connectivity index (χ0n) is 24.2. The van der Waals surface area contributed by atoms with E-state index >= 15 is 0 Å². The van der Waals surface area contributed by atoms with Crippen molar-refractivity contribution in [3.8, 4) is 11.5 Å². The fourth-order valence-corrected chi connectivity index (χ4v) is 7.29. The van der Waals surface area contributed by atoms with Gasteiger partial charge < -0.3 is 19.3 Å². The minimum atomic E-state index is -4.37. The Morgan fingerprint density at radius 1 is 1.05 bits per heavy atom. The molecule has 0 fully saturated rings. The SMILES string of the molecule is CCCCCCOc1ccc([C@H]2C(S(=O)(=O)c3ccc(C)cc3)=C(O)C(=O)N2c2nc(C)c(C(=O)OC)s2)cc1OC. The molecule has 0 bridgehead atoms. The van der Waals surface area contributed by atoms with Gasteiger partial charge in [0.2, 0.25) is 9.84 Å². The number of rotatable bonds is 12. The number of carbonyl (C=O) groups is 2. The highest BCUT2D eigenvalue weighted by atomic mass is 32.2. The number of hydrogen-bond acceptors (Lipinski definition) is 10. The van der Waals surface area contributed by atoms with Crippen LogP contribution in [0, 0.1) is 13.8 Å². The topological polar surface area (TPSA) is 132 Å². The van der Waals surface area contributed by atoms with E-state index in [4.69, 9.17) is 14.2 Å². The molecule has 0 spiro atoms. The lowest BCUT2D eigenvalue weighted by Crippen LogP contribution is -2.31. The van der Waals surface area contributed by atoms with Gasteiger partial charge in [-0.25, -0.2) is 18.2 Å². The zero-order valence-corrected chi connectivity index (χ0v) is 25.8. The number of aromatic nitrogens is 1. The van der Waals surface area contributed by atoms with E-state index in [2.05, 4.69) is 11.9 Å². The second-order valence-corrected chi connectivity index (χ2v) is 12.7. The van der Waals surface area contributed by atoms with Gasteiger partial charge in [0.05, 0.1) is 31.4 Å². The molecule has 0 saturated heterocycles. The van der Waals surface area contributed by atoms with Gasteiger partial charge in [0.1, 0.15) is 15.8 Å². The molecule has 224 valence electrons. The molecule has 1 aliphatic rings. The molecule has 0 radical (unpaired) electrons. The van der Waals surface area contributed by atoms with E-state index in [1.54, 1.807) is 37.3 Å². The largest absolute Gasteiger partial charge is 0.502 e. The molecule has 0 aliphatic carbocycles. The van der Waals surface area contributed by atoms with Gasteiger partial charge in [-0.15, -0.1) is 0 Å². The van der Waals surface area contributed by atoms with Gasteiger partial charge in [-0.1, -0.05) is 61.3 Å². The zero-order chi connectivity index (χ0) is 30.6. The van der Waals surface area contributed by atoms with Crippen LogP contribution >= 0.6 is 11.3 Å². The molecule has 1 N–H and O–H groups in total. The first kappa shape index (κ1) is 31.0. The Kier molecular flexibility index (Phi) is 9.57. The number of benzene rings is 2. The van der Waals surface area contributed by atoms with Crippen LogP contribution in [0.1, 0.15) is 65.1 Å². The molecule has 1 aliphatic heterocycles.